The predicted molar refractivity (Wildman–Crippen MR) is 131 cm³/mol. The largest absolute Gasteiger partial charge is 0.471 e. The average molecular weight is 516 g/mol. The number of halogens is 2. The van der Waals surface area contributed by atoms with Crippen LogP contribution in [0.25, 0.3) is 11.3 Å². The SMILES string of the molecule is Cc1cc(OCc2c(C(C)C)noc2-c2c(Cl)cccc2Cl)nnc1Oc1ccc(C(O)O)cc1. The van der Waals surface area contributed by atoms with Gasteiger partial charge in [0.1, 0.15) is 12.4 Å². The summed E-state index contributed by atoms with van der Waals surface area (Å²) in [5.74, 6) is 1.60. The van der Waals surface area contributed by atoms with Crippen LogP contribution in [0.5, 0.6) is 17.5 Å². The molecule has 0 unspecified atom stereocenters. The van der Waals surface area contributed by atoms with E-state index in [1.54, 1.807) is 48.5 Å². The average Bonchev–Trinajstić information content (AvgIpc) is 3.23. The highest BCUT2D eigenvalue weighted by Crippen LogP contribution is 2.39. The number of rotatable bonds is 8. The monoisotopic (exact) mass is 515 g/mol. The molecule has 0 aliphatic heterocycles. The molecular weight excluding hydrogens is 493 g/mol. The second-order valence-electron chi connectivity index (χ2n) is 8.13. The van der Waals surface area contributed by atoms with E-state index < -0.39 is 6.29 Å². The van der Waals surface area contributed by atoms with Crippen molar-refractivity contribution >= 4 is 23.2 Å². The molecule has 0 saturated carbocycles. The van der Waals surface area contributed by atoms with Crippen LogP contribution in [0.3, 0.4) is 0 Å². The molecule has 0 amide bonds. The summed E-state index contributed by atoms with van der Waals surface area (Å²) in [6, 6.07) is 13.3. The van der Waals surface area contributed by atoms with Crippen molar-refractivity contribution in [3.63, 3.8) is 0 Å². The molecule has 4 rings (SSSR count). The first-order valence-corrected chi connectivity index (χ1v) is 11.5. The van der Waals surface area contributed by atoms with Crippen LogP contribution in [0, 0.1) is 6.92 Å². The predicted octanol–water partition coefficient (Wildman–Crippen LogP) is 6.22. The van der Waals surface area contributed by atoms with E-state index in [0.717, 1.165) is 11.3 Å². The fraction of sp³-hybridized carbons (Fsp3) is 0.240. The number of hydrogen-bond donors (Lipinski definition) is 2. The van der Waals surface area contributed by atoms with Crippen molar-refractivity contribution in [3.8, 4) is 28.8 Å². The van der Waals surface area contributed by atoms with Gasteiger partial charge in [0.15, 0.2) is 12.1 Å². The zero-order valence-corrected chi connectivity index (χ0v) is 20.7. The lowest BCUT2D eigenvalue weighted by Crippen LogP contribution is -2.04. The minimum atomic E-state index is -1.54. The van der Waals surface area contributed by atoms with E-state index >= 15 is 0 Å². The lowest BCUT2D eigenvalue weighted by molar-refractivity contribution is -0.0424. The van der Waals surface area contributed by atoms with Crippen LogP contribution < -0.4 is 9.47 Å². The maximum atomic E-state index is 9.21. The Balaban J connectivity index is 1.54. The molecule has 2 aromatic carbocycles. The molecule has 0 spiro atoms. The number of aromatic nitrogens is 3. The van der Waals surface area contributed by atoms with Crippen molar-refractivity contribution in [2.45, 2.75) is 39.6 Å². The summed E-state index contributed by atoms with van der Waals surface area (Å²) >= 11 is 12.8. The van der Waals surface area contributed by atoms with Crippen molar-refractivity contribution in [1.29, 1.82) is 0 Å². The summed E-state index contributed by atoms with van der Waals surface area (Å²) in [6.07, 6.45) is -1.54. The maximum Gasteiger partial charge on any atom is 0.242 e. The second-order valence-corrected chi connectivity index (χ2v) is 8.95. The van der Waals surface area contributed by atoms with Gasteiger partial charge in [-0.2, -0.15) is 0 Å². The highest BCUT2D eigenvalue weighted by Gasteiger charge is 2.24. The molecule has 182 valence electrons. The van der Waals surface area contributed by atoms with Gasteiger partial charge in [0, 0.05) is 17.2 Å². The smallest absolute Gasteiger partial charge is 0.242 e. The van der Waals surface area contributed by atoms with Gasteiger partial charge in [-0.05, 0) is 37.1 Å². The number of aliphatic hydroxyl groups excluding tert-OH is 1. The molecule has 2 heterocycles. The van der Waals surface area contributed by atoms with Gasteiger partial charge in [0.2, 0.25) is 11.8 Å². The van der Waals surface area contributed by atoms with E-state index in [-0.39, 0.29) is 12.5 Å². The molecule has 2 aromatic heterocycles. The first-order valence-electron chi connectivity index (χ1n) is 10.8. The Hall–Kier alpha value is -3.17. The Bertz CT molecular complexity index is 1300. The third-order valence-corrected chi connectivity index (χ3v) is 5.86. The fourth-order valence-electron chi connectivity index (χ4n) is 3.41. The van der Waals surface area contributed by atoms with Gasteiger partial charge in [-0.3, -0.25) is 0 Å². The number of benzene rings is 2. The maximum absolute atomic E-state index is 9.21. The molecule has 0 bridgehead atoms. The normalized spacial score (nSPS) is 11.3. The molecule has 0 aliphatic carbocycles. The highest BCUT2D eigenvalue weighted by molar-refractivity contribution is 6.39. The van der Waals surface area contributed by atoms with E-state index in [0.29, 0.717) is 50.0 Å². The molecule has 0 fully saturated rings. The molecule has 2 N–H and O–H groups in total. The van der Waals surface area contributed by atoms with Gasteiger partial charge >= 0.3 is 0 Å². The molecule has 0 atom stereocenters. The van der Waals surface area contributed by atoms with Crippen LogP contribution in [0.15, 0.2) is 53.1 Å². The molecule has 0 saturated heterocycles. The second kappa shape index (κ2) is 10.6. The van der Waals surface area contributed by atoms with Crippen LogP contribution in [0.2, 0.25) is 10.0 Å². The molecule has 0 aliphatic rings. The number of hydrogen-bond acceptors (Lipinski definition) is 8. The fourth-order valence-corrected chi connectivity index (χ4v) is 3.98. The van der Waals surface area contributed by atoms with E-state index in [4.69, 9.17) is 37.2 Å². The summed E-state index contributed by atoms with van der Waals surface area (Å²) in [5.41, 5.74) is 3.07. The number of aryl methyl sites for hydroxylation is 1. The minimum absolute atomic E-state index is 0.0780. The van der Waals surface area contributed by atoms with Gasteiger partial charge < -0.3 is 24.2 Å². The Morgan fingerprint density at radius 3 is 2.29 bits per heavy atom. The zero-order chi connectivity index (χ0) is 25.1. The third-order valence-electron chi connectivity index (χ3n) is 5.23. The van der Waals surface area contributed by atoms with Crippen LogP contribution >= 0.6 is 23.2 Å². The van der Waals surface area contributed by atoms with Crippen molar-refractivity contribution in [3.05, 3.63) is 81.0 Å². The van der Waals surface area contributed by atoms with E-state index in [1.165, 1.54) is 0 Å². The van der Waals surface area contributed by atoms with Crippen LogP contribution in [0.1, 0.15) is 48.4 Å². The molecule has 35 heavy (non-hydrogen) atoms. The molecule has 10 heteroatoms. The van der Waals surface area contributed by atoms with E-state index in [9.17, 15) is 10.2 Å². The first kappa shape index (κ1) is 24.9. The van der Waals surface area contributed by atoms with Crippen molar-refractivity contribution < 1.29 is 24.2 Å². The summed E-state index contributed by atoms with van der Waals surface area (Å²) in [6.45, 7) is 5.94. The standard InChI is InChI=1S/C25H23Cl2N3O5/c1-13(2)22-17(23(35-30-22)21-18(26)5-4-6-19(21)27)12-33-20-11-14(3)24(29-28-20)34-16-9-7-15(8-10-16)25(31)32/h4-11,13,25,31-32H,12H2,1-3H3. The van der Waals surface area contributed by atoms with Crippen molar-refractivity contribution in [2.24, 2.45) is 0 Å². The summed E-state index contributed by atoms with van der Waals surface area (Å²) in [7, 11) is 0. The van der Waals surface area contributed by atoms with E-state index in [2.05, 4.69) is 15.4 Å². The molecule has 0 radical (unpaired) electrons. The van der Waals surface area contributed by atoms with Gasteiger partial charge in [-0.1, -0.05) is 60.4 Å². The summed E-state index contributed by atoms with van der Waals surface area (Å²) in [5, 5.41) is 31.8. The first-order chi connectivity index (χ1) is 16.7. The number of nitrogens with zero attached hydrogens (tertiary/aromatic N) is 3. The third kappa shape index (κ3) is 5.57. The van der Waals surface area contributed by atoms with Crippen LogP contribution in [0.4, 0.5) is 0 Å². The number of aliphatic hydroxyl groups is 2. The van der Waals surface area contributed by atoms with Crippen LogP contribution in [-0.4, -0.2) is 25.6 Å². The van der Waals surface area contributed by atoms with Crippen LogP contribution in [-0.2, 0) is 6.61 Å². The highest BCUT2D eigenvalue weighted by atomic mass is 35.5. The lowest BCUT2D eigenvalue weighted by Gasteiger charge is -2.11. The Labute approximate surface area is 212 Å². The minimum Gasteiger partial charge on any atom is -0.471 e. The Morgan fingerprint density at radius 2 is 1.69 bits per heavy atom. The topological polar surface area (TPSA) is 111 Å². The molecular formula is C25H23Cl2N3O5. The van der Waals surface area contributed by atoms with Gasteiger partial charge in [-0.15, -0.1) is 10.2 Å². The molecule has 8 nitrogen and oxygen atoms in total. The number of ether oxygens (including phenoxy) is 2. The van der Waals surface area contributed by atoms with Crippen molar-refractivity contribution in [2.75, 3.05) is 0 Å². The summed E-state index contributed by atoms with van der Waals surface area (Å²) in [4.78, 5) is 0. The van der Waals surface area contributed by atoms with Gasteiger partial charge in [0.25, 0.3) is 0 Å². The zero-order valence-electron chi connectivity index (χ0n) is 19.2. The van der Waals surface area contributed by atoms with E-state index in [1.807, 2.05) is 20.8 Å². The van der Waals surface area contributed by atoms with Gasteiger partial charge in [-0.25, -0.2) is 0 Å². The lowest BCUT2D eigenvalue weighted by atomic mass is 10.0. The van der Waals surface area contributed by atoms with Crippen molar-refractivity contribution in [1.82, 2.24) is 15.4 Å². The summed E-state index contributed by atoms with van der Waals surface area (Å²) < 4.78 is 17.3. The van der Waals surface area contributed by atoms with Gasteiger partial charge in [0.05, 0.1) is 26.9 Å². The Morgan fingerprint density at radius 1 is 1.00 bits per heavy atom. The Kier molecular flexibility index (Phi) is 7.57. The quantitative estimate of drug-likeness (QED) is 0.266. The molecule has 4 aromatic rings.